The molecule has 3 aromatic rings. The highest BCUT2D eigenvalue weighted by Crippen LogP contribution is 2.24. The third kappa shape index (κ3) is 3.37. The molecule has 4 nitrogen and oxygen atoms in total. The van der Waals surface area contributed by atoms with Gasteiger partial charge in [0.25, 0.3) is 5.91 Å². The molecule has 0 bridgehead atoms. The Hall–Kier alpha value is -2.11. The number of carbonyl (C=O) groups is 1. The molecule has 0 saturated heterocycles. The highest BCUT2D eigenvalue weighted by atomic mass is 35.5. The Kier molecular flexibility index (Phi) is 4.27. The molecule has 0 saturated carbocycles. The van der Waals surface area contributed by atoms with Crippen LogP contribution >= 0.6 is 22.9 Å². The summed E-state index contributed by atoms with van der Waals surface area (Å²) in [4.78, 5) is 16.4. The first-order valence-electron chi connectivity index (χ1n) is 6.80. The number of carbonyl (C=O) groups excluding carboxylic acids is 1. The summed E-state index contributed by atoms with van der Waals surface area (Å²) >= 11 is 7.29. The number of benzene rings is 2. The van der Waals surface area contributed by atoms with Gasteiger partial charge in [0, 0.05) is 17.3 Å². The van der Waals surface area contributed by atoms with Crippen LogP contribution in [0.2, 0.25) is 5.02 Å². The van der Waals surface area contributed by atoms with Gasteiger partial charge in [0.1, 0.15) is 0 Å². The van der Waals surface area contributed by atoms with Crippen LogP contribution in [-0.4, -0.2) is 17.4 Å². The fourth-order valence-electron chi connectivity index (χ4n) is 2.08. The summed E-state index contributed by atoms with van der Waals surface area (Å²) in [6, 6.07) is 13.1. The highest BCUT2D eigenvalue weighted by molar-refractivity contribution is 7.20. The first kappa shape index (κ1) is 14.8. The van der Waals surface area contributed by atoms with Crippen LogP contribution in [0.3, 0.4) is 0 Å². The van der Waals surface area contributed by atoms with E-state index in [-0.39, 0.29) is 5.91 Å². The molecule has 0 atom stereocenters. The lowest BCUT2D eigenvalue weighted by atomic mass is 10.1. The number of halogens is 1. The van der Waals surface area contributed by atoms with Crippen molar-refractivity contribution < 1.29 is 4.79 Å². The number of amides is 1. The maximum atomic E-state index is 12.1. The van der Waals surface area contributed by atoms with Crippen molar-refractivity contribution in [1.29, 1.82) is 0 Å². The molecule has 1 heterocycles. The summed E-state index contributed by atoms with van der Waals surface area (Å²) in [7, 11) is 0. The minimum absolute atomic E-state index is 0.159. The van der Waals surface area contributed by atoms with Crippen molar-refractivity contribution in [3.05, 3.63) is 58.1 Å². The molecule has 22 heavy (non-hydrogen) atoms. The highest BCUT2D eigenvalue weighted by Gasteiger charge is 2.11. The third-order valence-corrected chi connectivity index (χ3v) is 4.49. The van der Waals surface area contributed by atoms with Crippen molar-refractivity contribution in [2.75, 3.05) is 12.3 Å². The number of nitrogens with zero attached hydrogens (tertiary/aromatic N) is 1. The van der Waals surface area contributed by atoms with Crippen molar-refractivity contribution in [3.8, 4) is 0 Å². The van der Waals surface area contributed by atoms with E-state index in [4.69, 9.17) is 17.3 Å². The quantitative estimate of drug-likeness (QED) is 0.719. The largest absolute Gasteiger partial charge is 0.399 e. The van der Waals surface area contributed by atoms with Gasteiger partial charge < -0.3 is 11.1 Å². The summed E-state index contributed by atoms with van der Waals surface area (Å²) in [5, 5.41) is 3.95. The van der Waals surface area contributed by atoms with Crippen LogP contribution in [0.4, 0.5) is 5.69 Å². The lowest BCUT2D eigenvalue weighted by molar-refractivity contribution is 0.0954. The Morgan fingerprint density at radius 2 is 2.00 bits per heavy atom. The average Bonchev–Trinajstić information content (AvgIpc) is 2.92. The second-order valence-corrected chi connectivity index (χ2v) is 6.35. The minimum atomic E-state index is -0.159. The number of hydrogen-bond donors (Lipinski definition) is 2. The van der Waals surface area contributed by atoms with Crippen LogP contribution in [0.25, 0.3) is 10.2 Å². The number of fused-ring (bicyclic) bond motifs is 1. The van der Waals surface area contributed by atoms with Gasteiger partial charge >= 0.3 is 0 Å². The predicted octanol–water partition coefficient (Wildman–Crippen LogP) is 3.50. The van der Waals surface area contributed by atoms with E-state index in [1.807, 2.05) is 30.3 Å². The van der Waals surface area contributed by atoms with Crippen molar-refractivity contribution in [2.45, 2.75) is 6.42 Å². The number of nitrogens with two attached hydrogens (primary N) is 1. The van der Waals surface area contributed by atoms with E-state index in [1.165, 1.54) is 11.3 Å². The molecular weight excluding hydrogens is 318 g/mol. The van der Waals surface area contributed by atoms with Gasteiger partial charge in [-0.1, -0.05) is 23.7 Å². The van der Waals surface area contributed by atoms with E-state index in [9.17, 15) is 4.79 Å². The molecular formula is C16H14ClN3OS. The molecule has 0 aliphatic carbocycles. The van der Waals surface area contributed by atoms with Gasteiger partial charge in [-0.05, 0) is 42.3 Å². The van der Waals surface area contributed by atoms with E-state index in [0.717, 1.165) is 27.9 Å². The van der Waals surface area contributed by atoms with Crippen molar-refractivity contribution in [2.24, 2.45) is 0 Å². The predicted molar refractivity (Wildman–Crippen MR) is 91.5 cm³/mol. The number of aromatic nitrogens is 1. The van der Waals surface area contributed by atoms with Crippen LogP contribution in [0.1, 0.15) is 15.4 Å². The number of rotatable bonds is 4. The van der Waals surface area contributed by atoms with Crippen molar-refractivity contribution in [3.63, 3.8) is 0 Å². The zero-order chi connectivity index (χ0) is 15.5. The third-order valence-electron chi connectivity index (χ3n) is 3.22. The maximum absolute atomic E-state index is 12.1. The summed E-state index contributed by atoms with van der Waals surface area (Å²) in [6.45, 7) is 0.555. The number of thiazole rings is 1. The molecule has 6 heteroatoms. The zero-order valence-corrected chi connectivity index (χ0v) is 13.2. The zero-order valence-electron chi connectivity index (χ0n) is 11.7. The molecule has 1 amide bonds. The number of nitrogen functional groups attached to an aromatic ring is 1. The average molecular weight is 332 g/mol. The smallest absolute Gasteiger partial charge is 0.280 e. The molecule has 3 N–H and O–H groups in total. The molecule has 2 aromatic carbocycles. The molecule has 1 aromatic heterocycles. The number of anilines is 1. The molecule has 0 radical (unpaired) electrons. The Bertz CT molecular complexity index is 814. The normalized spacial score (nSPS) is 10.8. The van der Waals surface area contributed by atoms with Crippen molar-refractivity contribution in [1.82, 2.24) is 10.3 Å². The molecule has 0 unspecified atom stereocenters. The molecule has 0 aliphatic heterocycles. The fourth-order valence-corrected chi connectivity index (χ4v) is 3.11. The van der Waals surface area contributed by atoms with Gasteiger partial charge in [0.2, 0.25) is 0 Å². The topological polar surface area (TPSA) is 68.0 Å². The van der Waals surface area contributed by atoms with Crippen LogP contribution < -0.4 is 11.1 Å². The van der Waals surface area contributed by atoms with E-state index in [0.29, 0.717) is 16.6 Å². The van der Waals surface area contributed by atoms with E-state index in [1.54, 1.807) is 12.1 Å². The van der Waals surface area contributed by atoms with Crippen LogP contribution in [-0.2, 0) is 6.42 Å². The van der Waals surface area contributed by atoms with Gasteiger partial charge in [0.15, 0.2) is 5.01 Å². The number of nitrogens with one attached hydrogen (secondary N) is 1. The first-order valence-corrected chi connectivity index (χ1v) is 8.00. The first-order chi connectivity index (χ1) is 10.6. The standard InChI is InChI=1S/C16H14ClN3OS/c17-11-3-6-14-13(9-11)20-16(22-14)15(21)19-8-7-10-1-4-12(18)5-2-10/h1-6,9H,7-8,18H2,(H,19,21). The Balaban J connectivity index is 1.62. The summed E-state index contributed by atoms with van der Waals surface area (Å²) < 4.78 is 0.952. The second kappa shape index (κ2) is 6.34. The van der Waals surface area contributed by atoms with Crippen LogP contribution in [0.5, 0.6) is 0 Å². The molecule has 0 spiro atoms. The van der Waals surface area contributed by atoms with Crippen LogP contribution in [0.15, 0.2) is 42.5 Å². The summed E-state index contributed by atoms with van der Waals surface area (Å²) in [5.41, 5.74) is 8.26. The molecule has 112 valence electrons. The lowest BCUT2D eigenvalue weighted by Gasteiger charge is -2.03. The lowest BCUT2D eigenvalue weighted by Crippen LogP contribution is -2.25. The van der Waals surface area contributed by atoms with Gasteiger partial charge in [0.05, 0.1) is 10.2 Å². The summed E-state index contributed by atoms with van der Waals surface area (Å²) in [5.74, 6) is -0.159. The minimum Gasteiger partial charge on any atom is -0.399 e. The SMILES string of the molecule is Nc1ccc(CCNC(=O)c2nc3cc(Cl)ccc3s2)cc1. The van der Waals surface area contributed by atoms with Gasteiger partial charge in [-0.2, -0.15) is 0 Å². The monoisotopic (exact) mass is 331 g/mol. The van der Waals surface area contributed by atoms with Gasteiger partial charge in [-0.3, -0.25) is 4.79 Å². The maximum Gasteiger partial charge on any atom is 0.280 e. The fraction of sp³-hybridized carbons (Fsp3) is 0.125. The van der Waals surface area contributed by atoms with Crippen LogP contribution in [0, 0.1) is 0 Å². The molecule has 0 fully saturated rings. The van der Waals surface area contributed by atoms with Gasteiger partial charge in [-0.25, -0.2) is 4.98 Å². The Labute approximate surface area is 136 Å². The van der Waals surface area contributed by atoms with E-state index >= 15 is 0 Å². The van der Waals surface area contributed by atoms with Crippen molar-refractivity contribution >= 4 is 44.7 Å². The Morgan fingerprint density at radius 1 is 1.23 bits per heavy atom. The number of hydrogen-bond acceptors (Lipinski definition) is 4. The second-order valence-electron chi connectivity index (χ2n) is 4.88. The molecule has 0 aliphatic rings. The summed E-state index contributed by atoms with van der Waals surface area (Å²) in [6.07, 6.45) is 0.753. The van der Waals surface area contributed by atoms with Gasteiger partial charge in [-0.15, -0.1) is 11.3 Å². The Morgan fingerprint density at radius 3 is 2.77 bits per heavy atom. The molecule has 3 rings (SSSR count). The van der Waals surface area contributed by atoms with E-state index < -0.39 is 0 Å². The van der Waals surface area contributed by atoms with E-state index in [2.05, 4.69) is 10.3 Å².